The van der Waals surface area contributed by atoms with E-state index in [4.69, 9.17) is 23.2 Å². The van der Waals surface area contributed by atoms with Crippen LogP contribution in [0.1, 0.15) is 56.3 Å². The fourth-order valence-corrected chi connectivity index (χ4v) is 2.57. The SMILES string of the molecule is CCCCCCC(C)C(=O)c1c(Cl)cccc1Cl. The molecule has 1 aromatic rings. The van der Waals surface area contributed by atoms with Gasteiger partial charge in [0.2, 0.25) is 0 Å². The molecule has 1 rings (SSSR count). The van der Waals surface area contributed by atoms with Crippen LogP contribution in [-0.2, 0) is 0 Å². The van der Waals surface area contributed by atoms with Gasteiger partial charge in [-0.25, -0.2) is 0 Å². The lowest BCUT2D eigenvalue weighted by Gasteiger charge is -2.12. The average molecular weight is 287 g/mol. The van der Waals surface area contributed by atoms with Gasteiger partial charge in [-0.15, -0.1) is 0 Å². The summed E-state index contributed by atoms with van der Waals surface area (Å²) in [6.45, 7) is 4.13. The number of rotatable bonds is 7. The fraction of sp³-hybridized carbons (Fsp3) is 0.533. The Morgan fingerprint density at radius 2 is 1.78 bits per heavy atom. The summed E-state index contributed by atoms with van der Waals surface area (Å²) in [5.74, 6) is 0.0429. The quantitative estimate of drug-likeness (QED) is 0.458. The smallest absolute Gasteiger partial charge is 0.168 e. The van der Waals surface area contributed by atoms with Gasteiger partial charge in [-0.2, -0.15) is 0 Å². The Labute approximate surface area is 119 Å². The highest BCUT2D eigenvalue weighted by Crippen LogP contribution is 2.28. The van der Waals surface area contributed by atoms with Crippen molar-refractivity contribution in [2.45, 2.75) is 46.0 Å². The number of benzene rings is 1. The first-order valence-corrected chi connectivity index (χ1v) is 7.31. The Morgan fingerprint density at radius 1 is 1.17 bits per heavy atom. The summed E-state index contributed by atoms with van der Waals surface area (Å²) in [5, 5.41) is 0.904. The predicted molar refractivity (Wildman–Crippen MR) is 78.7 cm³/mol. The van der Waals surface area contributed by atoms with Crippen LogP contribution in [0.4, 0.5) is 0 Å². The summed E-state index contributed by atoms with van der Waals surface area (Å²) < 4.78 is 0. The van der Waals surface area contributed by atoms with E-state index < -0.39 is 0 Å². The van der Waals surface area contributed by atoms with Gasteiger partial charge in [-0.1, -0.05) is 68.8 Å². The van der Waals surface area contributed by atoms with Gasteiger partial charge < -0.3 is 0 Å². The first-order valence-electron chi connectivity index (χ1n) is 6.56. The zero-order valence-electron chi connectivity index (χ0n) is 11.0. The fourth-order valence-electron chi connectivity index (χ4n) is 1.99. The Kier molecular flexibility index (Phi) is 6.73. The molecule has 0 bridgehead atoms. The van der Waals surface area contributed by atoms with Gasteiger partial charge in [0.15, 0.2) is 5.78 Å². The van der Waals surface area contributed by atoms with E-state index in [0.717, 1.165) is 12.8 Å². The molecule has 1 nitrogen and oxygen atoms in total. The minimum absolute atomic E-state index is 0.0146. The van der Waals surface area contributed by atoms with Gasteiger partial charge in [0.05, 0.1) is 15.6 Å². The third-order valence-corrected chi connectivity index (χ3v) is 3.78. The summed E-state index contributed by atoms with van der Waals surface area (Å²) in [5.41, 5.74) is 0.476. The van der Waals surface area contributed by atoms with Crippen molar-refractivity contribution >= 4 is 29.0 Å². The molecule has 0 radical (unpaired) electrons. The molecule has 0 aliphatic carbocycles. The average Bonchev–Trinajstić information content (AvgIpc) is 2.34. The topological polar surface area (TPSA) is 17.1 Å². The first kappa shape index (κ1) is 15.5. The van der Waals surface area contributed by atoms with Crippen LogP contribution in [0.5, 0.6) is 0 Å². The Morgan fingerprint density at radius 3 is 2.33 bits per heavy atom. The van der Waals surface area contributed by atoms with Crippen molar-refractivity contribution in [2.24, 2.45) is 5.92 Å². The van der Waals surface area contributed by atoms with E-state index in [-0.39, 0.29) is 11.7 Å². The van der Waals surface area contributed by atoms with E-state index in [9.17, 15) is 4.79 Å². The molecule has 1 aromatic carbocycles. The zero-order valence-corrected chi connectivity index (χ0v) is 12.5. The van der Waals surface area contributed by atoms with Crippen LogP contribution in [0.2, 0.25) is 10.0 Å². The molecular formula is C15H20Cl2O. The van der Waals surface area contributed by atoms with E-state index in [0.29, 0.717) is 15.6 Å². The van der Waals surface area contributed by atoms with Gasteiger partial charge in [0.1, 0.15) is 0 Å². The van der Waals surface area contributed by atoms with Crippen LogP contribution in [0.3, 0.4) is 0 Å². The van der Waals surface area contributed by atoms with Crippen LogP contribution in [-0.4, -0.2) is 5.78 Å². The molecule has 0 aliphatic rings. The van der Waals surface area contributed by atoms with Gasteiger partial charge in [-0.05, 0) is 18.6 Å². The molecule has 0 fully saturated rings. The Balaban J connectivity index is 2.63. The number of carbonyl (C=O) groups is 1. The predicted octanol–water partition coefficient (Wildman–Crippen LogP) is 5.78. The molecule has 0 saturated carbocycles. The van der Waals surface area contributed by atoms with Gasteiger partial charge >= 0.3 is 0 Å². The molecule has 3 heteroatoms. The normalized spacial score (nSPS) is 12.4. The van der Waals surface area contributed by atoms with E-state index in [1.807, 2.05) is 6.92 Å². The van der Waals surface area contributed by atoms with E-state index in [2.05, 4.69) is 6.92 Å². The molecule has 1 atom stereocenters. The van der Waals surface area contributed by atoms with Crippen molar-refractivity contribution in [1.82, 2.24) is 0 Å². The second kappa shape index (κ2) is 7.81. The van der Waals surface area contributed by atoms with Crippen LogP contribution >= 0.6 is 23.2 Å². The Hall–Kier alpha value is -0.530. The molecule has 0 amide bonds. The molecule has 0 N–H and O–H groups in total. The number of carbonyl (C=O) groups excluding carboxylic acids is 1. The highest BCUT2D eigenvalue weighted by molar-refractivity contribution is 6.39. The number of halogens is 2. The summed E-state index contributed by atoms with van der Waals surface area (Å²) >= 11 is 12.1. The molecule has 0 aromatic heterocycles. The van der Waals surface area contributed by atoms with Crippen LogP contribution in [0, 0.1) is 5.92 Å². The molecule has 0 aliphatic heterocycles. The maximum absolute atomic E-state index is 12.3. The van der Waals surface area contributed by atoms with Gasteiger partial charge in [-0.3, -0.25) is 4.79 Å². The highest BCUT2D eigenvalue weighted by Gasteiger charge is 2.20. The number of unbranched alkanes of at least 4 members (excludes halogenated alkanes) is 3. The van der Waals surface area contributed by atoms with Crippen molar-refractivity contribution in [3.8, 4) is 0 Å². The lowest BCUT2D eigenvalue weighted by Crippen LogP contribution is -2.12. The van der Waals surface area contributed by atoms with Crippen molar-refractivity contribution in [3.05, 3.63) is 33.8 Å². The van der Waals surface area contributed by atoms with Crippen molar-refractivity contribution in [2.75, 3.05) is 0 Å². The monoisotopic (exact) mass is 286 g/mol. The van der Waals surface area contributed by atoms with E-state index in [1.54, 1.807) is 18.2 Å². The van der Waals surface area contributed by atoms with Crippen molar-refractivity contribution in [1.29, 1.82) is 0 Å². The van der Waals surface area contributed by atoms with Crippen LogP contribution in [0.25, 0.3) is 0 Å². The van der Waals surface area contributed by atoms with Crippen LogP contribution in [0.15, 0.2) is 18.2 Å². The largest absolute Gasteiger partial charge is 0.294 e. The third kappa shape index (κ3) is 4.29. The molecule has 18 heavy (non-hydrogen) atoms. The van der Waals surface area contributed by atoms with Crippen LogP contribution < -0.4 is 0 Å². The molecular weight excluding hydrogens is 267 g/mol. The minimum Gasteiger partial charge on any atom is -0.294 e. The first-order chi connectivity index (χ1) is 8.57. The number of Topliss-reactive ketones (excluding diaryl/α,β-unsaturated/α-hetero) is 1. The zero-order chi connectivity index (χ0) is 13.5. The second-order valence-electron chi connectivity index (χ2n) is 4.71. The minimum atomic E-state index is -0.0146. The number of hydrogen-bond donors (Lipinski definition) is 0. The van der Waals surface area contributed by atoms with E-state index in [1.165, 1.54) is 19.3 Å². The molecule has 1 unspecified atom stereocenters. The highest BCUT2D eigenvalue weighted by atomic mass is 35.5. The molecule has 100 valence electrons. The summed E-state index contributed by atoms with van der Waals surface area (Å²) in [7, 11) is 0. The Bertz CT molecular complexity index is 381. The maximum Gasteiger partial charge on any atom is 0.168 e. The standard InChI is InChI=1S/C15H20Cl2O/c1-3-4-5-6-8-11(2)15(18)14-12(16)9-7-10-13(14)17/h7,9-11H,3-6,8H2,1-2H3. The lowest BCUT2D eigenvalue weighted by molar-refractivity contribution is 0.0922. The van der Waals surface area contributed by atoms with E-state index >= 15 is 0 Å². The third-order valence-electron chi connectivity index (χ3n) is 3.15. The summed E-state index contributed by atoms with van der Waals surface area (Å²) in [6.07, 6.45) is 5.61. The van der Waals surface area contributed by atoms with Gasteiger partial charge in [0, 0.05) is 5.92 Å². The molecule has 0 saturated heterocycles. The van der Waals surface area contributed by atoms with Crippen molar-refractivity contribution < 1.29 is 4.79 Å². The number of hydrogen-bond acceptors (Lipinski definition) is 1. The van der Waals surface area contributed by atoms with Gasteiger partial charge in [0.25, 0.3) is 0 Å². The number of ketones is 1. The molecule has 0 spiro atoms. The maximum atomic E-state index is 12.3. The lowest BCUT2D eigenvalue weighted by atomic mass is 9.94. The second-order valence-corrected chi connectivity index (χ2v) is 5.53. The summed E-state index contributed by atoms with van der Waals surface area (Å²) in [6, 6.07) is 5.18. The molecule has 0 heterocycles. The summed E-state index contributed by atoms with van der Waals surface area (Å²) in [4.78, 5) is 12.3. The van der Waals surface area contributed by atoms with Crippen molar-refractivity contribution in [3.63, 3.8) is 0 Å².